The minimum Gasteiger partial charge on any atom is -0.480 e. The summed E-state index contributed by atoms with van der Waals surface area (Å²) in [6, 6.07) is 11.8. The highest BCUT2D eigenvalue weighted by molar-refractivity contribution is 6.09. The highest BCUT2D eigenvalue weighted by atomic mass is 16.6. The molecule has 11 heteroatoms. The maximum absolute atomic E-state index is 13.8. The van der Waals surface area contributed by atoms with Crippen LogP contribution in [0.4, 0.5) is 5.69 Å². The van der Waals surface area contributed by atoms with Gasteiger partial charge in [0.25, 0.3) is 5.69 Å². The average molecular weight is 519 g/mol. The van der Waals surface area contributed by atoms with Crippen LogP contribution in [0.3, 0.4) is 0 Å². The fourth-order valence-corrected chi connectivity index (χ4v) is 5.55. The average Bonchev–Trinajstić information content (AvgIpc) is 3.50. The number of amides is 2. The van der Waals surface area contributed by atoms with Gasteiger partial charge in [-0.05, 0) is 43.2 Å². The second kappa shape index (κ2) is 9.49. The Morgan fingerprint density at radius 1 is 1.18 bits per heavy atom. The molecule has 4 unspecified atom stereocenters. The number of nitrogens with one attached hydrogen (secondary N) is 1. The molecule has 0 saturated carbocycles. The summed E-state index contributed by atoms with van der Waals surface area (Å²) in [6.07, 6.45) is 1.79. The van der Waals surface area contributed by atoms with Crippen molar-refractivity contribution < 1.29 is 28.8 Å². The van der Waals surface area contributed by atoms with Crippen molar-refractivity contribution >= 4 is 23.5 Å². The summed E-state index contributed by atoms with van der Waals surface area (Å²) in [5.74, 6) is -3.52. The van der Waals surface area contributed by atoms with Gasteiger partial charge in [-0.25, -0.2) is 0 Å². The lowest BCUT2D eigenvalue weighted by Crippen LogP contribution is -2.57. The van der Waals surface area contributed by atoms with Crippen molar-refractivity contribution in [3.63, 3.8) is 0 Å². The van der Waals surface area contributed by atoms with Crippen LogP contribution in [0, 0.1) is 35.8 Å². The van der Waals surface area contributed by atoms with Crippen molar-refractivity contribution in [1.82, 2.24) is 15.2 Å². The van der Waals surface area contributed by atoms with E-state index in [1.54, 1.807) is 31.3 Å². The van der Waals surface area contributed by atoms with Gasteiger partial charge < -0.3 is 9.52 Å². The number of hydrogen-bond donors (Lipinski definition) is 2. The molecular weight excluding hydrogens is 492 g/mol. The van der Waals surface area contributed by atoms with Gasteiger partial charge in [0.05, 0.1) is 22.8 Å². The molecule has 2 aliphatic heterocycles. The van der Waals surface area contributed by atoms with Crippen LogP contribution >= 0.6 is 0 Å². The third-order valence-corrected chi connectivity index (χ3v) is 7.57. The van der Waals surface area contributed by atoms with E-state index in [-0.39, 0.29) is 18.7 Å². The summed E-state index contributed by atoms with van der Waals surface area (Å²) < 4.78 is 5.90. The molecule has 3 aromatic rings. The second-order valence-electron chi connectivity index (χ2n) is 9.79. The number of hydrogen-bond acceptors (Lipinski definition) is 8. The predicted octanol–water partition coefficient (Wildman–Crippen LogP) is 2.75. The van der Waals surface area contributed by atoms with E-state index in [4.69, 9.17) is 4.42 Å². The Kier molecular flexibility index (Phi) is 6.31. The lowest BCUT2D eigenvalue weighted by molar-refractivity contribution is -0.384. The molecule has 4 atom stereocenters. The van der Waals surface area contributed by atoms with Crippen molar-refractivity contribution in [2.24, 2.45) is 11.8 Å². The molecule has 5 rings (SSSR count). The van der Waals surface area contributed by atoms with E-state index in [1.807, 2.05) is 13.0 Å². The molecule has 38 heavy (non-hydrogen) atoms. The number of fused-ring (bicyclic) bond motifs is 1. The predicted molar refractivity (Wildman–Crippen MR) is 133 cm³/mol. The number of aryl methyl sites for hydroxylation is 2. The molecule has 2 saturated heterocycles. The number of furan rings is 1. The van der Waals surface area contributed by atoms with Gasteiger partial charge in [-0.1, -0.05) is 18.2 Å². The Balaban J connectivity index is 1.54. The van der Waals surface area contributed by atoms with Gasteiger partial charge in [0.2, 0.25) is 11.8 Å². The molecule has 2 aliphatic rings. The third-order valence-electron chi connectivity index (χ3n) is 7.57. The van der Waals surface area contributed by atoms with Crippen molar-refractivity contribution in [1.29, 1.82) is 0 Å². The molecule has 2 fully saturated rings. The third kappa shape index (κ3) is 4.14. The Labute approximate surface area is 217 Å². The fraction of sp³-hybridized carbons (Fsp3) is 0.333. The van der Waals surface area contributed by atoms with Gasteiger partial charge in [0.1, 0.15) is 17.1 Å². The fourth-order valence-electron chi connectivity index (χ4n) is 5.55. The topological polar surface area (TPSA) is 156 Å². The number of non-ortho nitro benzene ring substituents is 1. The van der Waals surface area contributed by atoms with Crippen LogP contribution in [-0.2, 0) is 27.2 Å². The van der Waals surface area contributed by atoms with Gasteiger partial charge in [-0.15, -0.1) is 0 Å². The maximum Gasteiger partial charge on any atom is 0.325 e. The van der Waals surface area contributed by atoms with Crippen LogP contribution < -0.4 is 5.32 Å². The summed E-state index contributed by atoms with van der Waals surface area (Å²) >= 11 is 0. The Morgan fingerprint density at radius 2 is 1.92 bits per heavy atom. The Hall–Kier alpha value is -4.38. The van der Waals surface area contributed by atoms with Gasteiger partial charge in [-0.3, -0.25) is 39.7 Å². The van der Waals surface area contributed by atoms with Gasteiger partial charge in [0, 0.05) is 43.4 Å². The molecule has 0 aliphatic carbocycles. The second-order valence-corrected chi connectivity index (χ2v) is 9.79. The van der Waals surface area contributed by atoms with Crippen LogP contribution in [0.5, 0.6) is 0 Å². The van der Waals surface area contributed by atoms with E-state index < -0.39 is 46.1 Å². The number of nitro groups is 1. The van der Waals surface area contributed by atoms with Gasteiger partial charge in [0.15, 0.2) is 0 Å². The first kappa shape index (κ1) is 25.3. The number of carboxylic acids is 1. The number of carboxylic acid groups (broad SMARTS) is 1. The maximum atomic E-state index is 13.8. The van der Waals surface area contributed by atoms with Crippen LogP contribution in [0.1, 0.15) is 34.4 Å². The molecule has 2 N–H and O–H groups in total. The number of nitrogens with zero attached hydrogens (tertiary/aromatic N) is 3. The van der Waals surface area contributed by atoms with E-state index >= 15 is 0 Å². The van der Waals surface area contributed by atoms with Crippen LogP contribution in [-0.4, -0.2) is 49.8 Å². The monoisotopic (exact) mass is 518 g/mol. The molecule has 1 aromatic carbocycles. The van der Waals surface area contributed by atoms with Crippen molar-refractivity contribution in [3.05, 3.63) is 93.2 Å². The summed E-state index contributed by atoms with van der Waals surface area (Å²) in [5, 5.41) is 24.7. The molecular formula is C27H26N4O7. The molecule has 2 amide bonds. The molecule has 196 valence electrons. The van der Waals surface area contributed by atoms with Crippen LogP contribution in [0.25, 0.3) is 0 Å². The number of imide groups is 1. The first-order valence-corrected chi connectivity index (χ1v) is 12.2. The summed E-state index contributed by atoms with van der Waals surface area (Å²) in [4.78, 5) is 56.4. The van der Waals surface area contributed by atoms with Crippen molar-refractivity contribution in [3.8, 4) is 0 Å². The summed E-state index contributed by atoms with van der Waals surface area (Å²) in [7, 11) is 0. The Bertz CT molecular complexity index is 1400. The Morgan fingerprint density at radius 3 is 2.50 bits per heavy atom. The number of rotatable bonds is 8. The first-order chi connectivity index (χ1) is 18.1. The number of aliphatic carboxylic acids is 1. The van der Waals surface area contributed by atoms with E-state index in [9.17, 15) is 29.6 Å². The number of benzene rings is 1. The summed E-state index contributed by atoms with van der Waals surface area (Å²) in [6.45, 7) is 3.68. The molecule has 4 heterocycles. The number of likely N-dealkylation sites (tertiary alicyclic amines) is 1. The largest absolute Gasteiger partial charge is 0.480 e. The SMILES string of the molecule is Cc1cc(C2NC(Cc3ccc([N+](=O)[O-])cc3)(C(=O)O)C3C(=O)N(CCc4ccccn4)C(=O)C23)oc1C. The first-order valence-electron chi connectivity index (χ1n) is 12.2. The van der Waals surface area contributed by atoms with E-state index in [0.717, 1.165) is 10.5 Å². The van der Waals surface area contributed by atoms with E-state index in [0.29, 0.717) is 29.2 Å². The number of carbonyl (C=O) groups is 3. The highest BCUT2D eigenvalue weighted by Crippen LogP contribution is 2.50. The zero-order valence-electron chi connectivity index (χ0n) is 20.8. The summed E-state index contributed by atoms with van der Waals surface area (Å²) in [5.41, 5.74) is 0.0383. The lowest BCUT2D eigenvalue weighted by atomic mass is 9.76. The number of pyridine rings is 1. The van der Waals surface area contributed by atoms with Crippen LogP contribution in [0.2, 0.25) is 0 Å². The quantitative estimate of drug-likeness (QED) is 0.260. The van der Waals surface area contributed by atoms with Crippen LogP contribution in [0.15, 0.2) is 59.1 Å². The lowest BCUT2D eigenvalue weighted by Gasteiger charge is -2.31. The van der Waals surface area contributed by atoms with E-state index in [2.05, 4.69) is 10.3 Å². The molecule has 0 spiro atoms. The van der Waals surface area contributed by atoms with Gasteiger partial charge in [-0.2, -0.15) is 0 Å². The zero-order valence-corrected chi connectivity index (χ0v) is 20.8. The minimum atomic E-state index is -1.84. The van der Waals surface area contributed by atoms with Crippen molar-refractivity contribution in [2.45, 2.75) is 38.3 Å². The van der Waals surface area contributed by atoms with E-state index in [1.165, 1.54) is 24.3 Å². The minimum absolute atomic E-state index is 0.0673. The molecule has 0 radical (unpaired) electrons. The van der Waals surface area contributed by atoms with Crippen molar-refractivity contribution in [2.75, 3.05) is 6.54 Å². The smallest absolute Gasteiger partial charge is 0.325 e. The molecule has 2 aromatic heterocycles. The zero-order chi connectivity index (χ0) is 27.2. The number of nitro benzene ring substituents is 1. The normalized spacial score (nSPS) is 24.6. The standard InChI is InChI=1S/C27H26N4O7/c1-15-13-20(38-16(15)2)23-21-22(25(33)30(24(21)32)12-10-18-5-3-4-11-28-18)27(29-23,26(34)35)14-17-6-8-19(9-7-17)31(36)37/h3-9,11,13,21-23,29H,10,12,14H2,1-2H3,(H,34,35). The highest BCUT2D eigenvalue weighted by Gasteiger charge is 2.68. The van der Waals surface area contributed by atoms with Gasteiger partial charge >= 0.3 is 5.97 Å². The number of aromatic nitrogens is 1. The molecule has 11 nitrogen and oxygen atoms in total. The number of carbonyl (C=O) groups excluding carboxylic acids is 2. The molecule has 0 bridgehead atoms.